The number of halogens is 3. The Hall–Kier alpha value is -1.19. The van der Waals surface area contributed by atoms with Gasteiger partial charge in [0, 0.05) is 12.2 Å². The highest BCUT2D eigenvalue weighted by Crippen LogP contribution is 2.31. The Bertz CT molecular complexity index is 345. The number of anilines is 1. The fourth-order valence-corrected chi connectivity index (χ4v) is 1.46. The van der Waals surface area contributed by atoms with Crippen molar-refractivity contribution in [2.45, 2.75) is 47.7 Å². The van der Waals surface area contributed by atoms with E-state index in [1.165, 1.54) is 0 Å². The van der Waals surface area contributed by atoms with E-state index in [1.54, 1.807) is 13.0 Å². The van der Waals surface area contributed by atoms with Crippen LogP contribution in [0.4, 0.5) is 18.9 Å². The summed E-state index contributed by atoms with van der Waals surface area (Å²) in [6.45, 7) is 4.41. The molecule has 1 aromatic carbocycles. The first-order chi connectivity index (χ1) is 7.43. The number of unbranched alkanes of at least 4 members (excludes halogenated alkanes) is 1. The molecule has 0 heterocycles. The average molecular weight is 263 g/mol. The molecule has 0 saturated carbocycles. The largest absolute Gasteiger partial charge is 0.416 e. The van der Waals surface area contributed by atoms with Gasteiger partial charge in [-0.25, -0.2) is 0 Å². The van der Waals surface area contributed by atoms with E-state index in [2.05, 4.69) is 5.32 Å². The van der Waals surface area contributed by atoms with Crippen LogP contribution in [0.5, 0.6) is 0 Å². The van der Waals surface area contributed by atoms with E-state index >= 15 is 0 Å². The minimum absolute atomic E-state index is 0. The summed E-state index contributed by atoms with van der Waals surface area (Å²) in [5.41, 5.74) is 0.570. The minimum atomic E-state index is -4.27. The fraction of sp³-hybridized carbons (Fsp3) is 0.571. The molecule has 106 valence electrons. The lowest BCUT2D eigenvalue weighted by atomic mass is 10.1. The maximum Gasteiger partial charge on any atom is 0.416 e. The molecule has 0 aliphatic heterocycles. The minimum Gasteiger partial charge on any atom is -0.385 e. The maximum atomic E-state index is 12.5. The molecule has 0 aromatic heterocycles. The Balaban J connectivity index is 0. The van der Waals surface area contributed by atoms with Gasteiger partial charge in [0.25, 0.3) is 0 Å². The van der Waals surface area contributed by atoms with Gasteiger partial charge in [-0.15, -0.1) is 0 Å². The van der Waals surface area contributed by atoms with Crippen molar-refractivity contribution in [1.82, 2.24) is 0 Å². The van der Waals surface area contributed by atoms with Gasteiger partial charge in [0.2, 0.25) is 0 Å². The Morgan fingerprint density at radius 1 is 1.11 bits per heavy atom. The van der Waals surface area contributed by atoms with Gasteiger partial charge in [0.15, 0.2) is 0 Å². The molecule has 18 heavy (non-hydrogen) atoms. The molecular weight excluding hydrogens is 239 g/mol. The Morgan fingerprint density at radius 3 is 2.22 bits per heavy atom. The highest BCUT2D eigenvalue weighted by molar-refractivity contribution is 5.49. The van der Waals surface area contributed by atoms with Crippen molar-refractivity contribution in [3.05, 3.63) is 29.3 Å². The van der Waals surface area contributed by atoms with Crippen LogP contribution in [0.25, 0.3) is 0 Å². The summed E-state index contributed by atoms with van der Waals surface area (Å²) < 4.78 is 37.5. The van der Waals surface area contributed by atoms with Crippen LogP contribution in [0.2, 0.25) is 0 Å². The molecule has 0 amide bonds. The summed E-state index contributed by atoms with van der Waals surface area (Å²) in [6.07, 6.45) is -2.30. The Morgan fingerprint density at radius 2 is 1.72 bits per heavy atom. The second kappa shape index (κ2) is 8.01. The Labute approximate surface area is 108 Å². The van der Waals surface area contributed by atoms with Crippen molar-refractivity contribution in [3.8, 4) is 0 Å². The average Bonchev–Trinajstić information content (AvgIpc) is 2.16. The molecule has 1 rings (SSSR count). The van der Waals surface area contributed by atoms with Gasteiger partial charge in [-0.1, -0.05) is 28.2 Å². The lowest BCUT2D eigenvalue weighted by Gasteiger charge is -2.12. The maximum absolute atomic E-state index is 12.5. The van der Waals surface area contributed by atoms with Crippen LogP contribution in [-0.4, -0.2) is 6.54 Å². The summed E-state index contributed by atoms with van der Waals surface area (Å²) >= 11 is 0. The van der Waals surface area contributed by atoms with Gasteiger partial charge < -0.3 is 5.32 Å². The first-order valence-corrected chi connectivity index (χ1v) is 5.36. The third-order valence-corrected chi connectivity index (χ3v) is 2.26. The molecule has 0 unspecified atom stereocenters. The van der Waals surface area contributed by atoms with Crippen LogP contribution in [0.15, 0.2) is 18.2 Å². The van der Waals surface area contributed by atoms with Crippen LogP contribution in [-0.2, 0) is 6.18 Å². The molecule has 0 aliphatic rings. The fourth-order valence-electron chi connectivity index (χ4n) is 1.46. The van der Waals surface area contributed by atoms with E-state index in [4.69, 9.17) is 0 Å². The zero-order valence-electron chi connectivity index (χ0n) is 9.49. The van der Waals surface area contributed by atoms with Crippen LogP contribution >= 0.6 is 0 Å². The summed E-state index contributed by atoms with van der Waals surface area (Å²) in [6, 6.07) is 4.04. The van der Waals surface area contributed by atoms with Crippen LogP contribution in [0.1, 0.15) is 45.7 Å². The van der Waals surface area contributed by atoms with E-state index < -0.39 is 11.7 Å². The standard InChI is InChI=1S/C12H16F3N.2CH4/c1-3-4-5-16-11-7-9(2)6-10(8-11)12(13,14)15;;/h6-8,16H,3-5H2,1-2H3;2*1H4. The summed E-state index contributed by atoms with van der Waals surface area (Å²) in [5.74, 6) is 0. The highest BCUT2D eigenvalue weighted by Gasteiger charge is 2.30. The third-order valence-electron chi connectivity index (χ3n) is 2.26. The zero-order chi connectivity index (χ0) is 12.2. The smallest absolute Gasteiger partial charge is 0.385 e. The second-order valence-corrected chi connectivity index (χ2v) is 3.87. The van der Waals surface area contributed by atoms with Gasteiger partial charge in [-0.3, -0.25) is 0 Å². The van der Waals surface area contributed by atoms with Crippen molar-refractivity contribution in [2.24, 2.45) is 0 Å². The monoisotopic (exact) mass is 263 g/mol. The molecule has 1 aromatic rings. The SMILES string of the molecule is C.C.CCCCNc1cc(C)cc(C(F)(F)F)c1. The molecule has 0 fully saturated rings. The number of aryl methyl sites for hydroxylation is 1. The van der Waals surface area contributed by atoms with Gasteiger partial charge >= 0.3 is 6.18 Å². The van der Waals surface area contributed by atoms with Crippen molar-refractivity contribution in [3.63, 3.8) is 0 Å². The molecule has 0 bridgehead atoms. The molecule has 1 N–H and O–H groups in total. The third kappa shape index (κ3) is 5.94. The van der Waals surface area contributed by atoms with Crippen molar-refractivity contribution >= 4 is 5.69 Å². The zero-order valence-corrected chi connectivity index (χ0v) is 9.49. The Kier molecular flexibility index (Phi) is 8.52. The van der Waals surface area contributed by atoms with E-state index in [-0.39, 0.29) is 14.9 Å². The van der Waals surface area contributed by atoms with Gasteiger partial charge in [0.05, 0.1) is 5.56 Å². The first kappa shape index (κ1) is 19.2. The number of benzene rings is 1. The van der Waals surface area contributed by atoms with Crippen molar-refractivity contribution in [2.75, 3.05) is 11.9 Å². The predicted octanol–water partition coefficient (Wildman–Crippen LogP) is 5.50. The van der Waals surface area contributed by atoms with Crippen LogP contribution < -0.4 is 5.32 Å². The van der Waals surface area contributed by atoms with Gasteiger partial charge in [-0.05, 0) is 37.1 Å². The summed E-state index contributed by atoms with van der Waals surface area (Å²) in [7, 11) is 0. The predicted molar refractivity (Wildman–Crippen MR) is 73.0 cm³/mol. The summed E-state index contributed by atoms with van der Waals surface area (Å²) in [4.78, 5) is 0. The molecular formula is C14H24F3N. The van der Waals surface area contributed by atoms with Crippen molar-refractivity contribution < 1.29 is 13.2 Å². The number of hydrogen-bond donors (Lipinski definition) is 1. The molecule has 1 nitrogen and oxygen atoms in total. The molecule has 0 saturated heterocycles. The van der Waals surface area contributed by atoms with E-state index in [9.17, 15) is 13.2 Å². The number of nitrogens with one attached hydrogen (secondary N) is 1. The van der Waals surface area contributed by atoms with Crippen LogP contribution in [0.3, 0.4) is 0 Å². The first-order valence-electron chi connectivity index (χ1n) is 5.36. The van der Waals surface area contributed by atoms with Crippen LogP contribution in [0, 0.1) is 6.92 Å². The molecule has 0 radical (unpaired) electrons. The van der Waals surface area contributed by atoms with E-state index in [1.807, 2.05) is 6.92 Å². The molecule has 0 spiro atoms. The normalized spacial score (nSPS) is 10.3. The second-order valence-electron chi connectivity index (χ2n) is 3.87. The van der Waals surface area contributed by atoms with Gasteiger partial charge in [-0.2, -0.15) is 13.2 Å². The summed E-state index contributed by atoms with van der Waals surface area (Å²) in [5, 5.41) is 3.00. The lowest BCUT2D eigenvalue weighted by Crippen LogP contribution is -2.07. The van der Waals surface area contributed by atoms with E-state index in [0.29, 0.717) is 17.8 Å². The number of alkyl halides is 3. The topological polar surface area (TPSA) is 12.0 Å². The number of hydrogen-bond acceptors (Lipinski definition) is 1. The molecule has 0 atom stereocenters. The van der Waals surface area contributed by atoms with E-state index in [0.717, 1.165) is 25.0 Å². The molecule has 0 aliphatic carbocycles. The van der Waals surface area contributed by atoms with Crippen molar-refractivity contribution in [1.29, 1.82) is 0 Å². The quantitative estimate of drug-likeness (QED) is 0.707. The highest BCUT2D eigenvalue weighted by atomic mass is 19.4. The molecule has 4 heteroatoms. The van der Waals surface area contributed by atoms with Gasteiger partial charge in [0.1, 0.15) is 0 Å². The number of rotatable bonds is 4. The lowest BCUT2D eigenvalue weighted by molar-refractivity contribution is -0.137.